The van der Waals surface area contributed by atoms with Gasteiger partial charge in [-0.05, 0) is 30.2 Å². The zero-order valence-electron chi connectivity index (χ0n) is 16.2. The maximum Gasteiger partial charge on any atom is 0.325 e. The van der Waals surface area contributed by atoms with E-state index in [-0.39, 0.29) is 19.2 Å². The van der Waals surface area contributed by atoms with E-state index in [9.17, 15) is 14.4 Å². The predicted octanol–water partition coefficient (Wildman–Crippen LogP) is 1.84. The van der Waals surface area contributed by atoms with Gasteiger partial charge >= 0.3 is 6.03 Å². The number of amides is 4. The normalized spacial score (nSPS) is 20.0. The first-order valence-corrected chi connectivity index (χ1v) is 9.20. The van der Waals surface area contributed by atoms with Gasteiger partial charge in [0.25, 0.3) is 5.91 Å². The summed E-state index contributed by atoms with van der Waals surface area (Å²) in [6.07, 6.45) is 0. The lowest BCUT2D eigenvalue weighted by Crippen LogP contribution is -2.43. The lowest BCUT2D eigenvalue weighted by Gasteiger charge is -2.23. The van der Waals surface area contributed by atoms with Gasteiger partial charge in [0.15, 0.2) is 11.5 Å². The van der Waals surface area contributed by atoms with Crippen LogP contribution in [0.4, 0.5) is 4.79 Å². The Morgan fingerprint density at radius 1 is 1.14 bits per heavy atom. The number of fused-ring (bicyclic) bond motifs is 1. The van der Waals surface area contributed by atoms with Crippen LogP contribution in [0, 0.1) is 0 Å². The van der Waals surface area contributed by atoms with Gasteiger partial charge in [-0.15, -0.1) is 0 Å². The number of urea groups is 1. The quantitative estimate of drug-likeness (QED) is 0.781. The van der Waals surface area contributed by atoms with Crippen molar-refractivity contribution in [3.05, 3.63) is 59.7 Å². The summed E-state index contributed by atoms with van der Waals surface area (Å²) in [5.41, 5.74) is 0.245. The number of benzene rings is 2. The zero-order valence-corrected chi connectivity index (χ0v) is 16.2. The van der Waals surface area contributed by atoms with E-state index >= 15 is 0 Å². The van der Waals surface area contributed by atoms with E-state index in [1.807, 2.05) is 30.3 Å². The zero-order chi connectivity index (χ0) is 20.6. The number of ether oxygens (including phenoxy) is 2. The molecule has 2 aliphatic heterocycles. The average molecular weight is 395 g/mol. The molecule has 2 heterocycles. The second-order valence-electron chi connectivity index (χ2n) is 7.25. The van der Waals surface area contributed by atoms with Gasteiger partial charge in [-0.1, -0.05) is 36.4 Å². The van der Waals surface area contributed by atoms with Gasteiger partial charge in [0.05, 0.1) is 0 Å². The summed E-state index contributed by atoms with van der Waals surface area (Å²) >= 11 is 0. The van der Waals surface area contributed by atoms with Crippen molar-refractivity contribution in [2.75, 3.05) is 20.4 Å². The molecule has 4 rings (SSSR count). The van der Waals surface area contributed by atoms with Gasteiger partial charge in [0.2, 0.25) is 12.7 Å². The lowest BCUT2D eigenvalue weighted by molar-refractivity contribution is -0.138. The van der Waals surface area contributed by atoms with Gasteiger partial charge in [0, 0.05) is 13.6 Å². The Morgan fingerprint density at radius 3 is 2.62 bits per heavy atom. The van der Waals surface area contributed by atoms with Crippen molar-refractivity contribution in [3.8, 4) is 11.5 Å². The van der Waals surface area contributed by atoms with Crippen LogP contribution in [0.15, 0.2) is 48.5 Å². The third kappa shape index (κ3) is 3.37. The second kappa shape index (κ2) is 7.12. The summed E-state index contributed by atoms with van der Waals surface area (Å²) in [6, 6.07) is 14.0. The maximum absolute atomic E-state index is 13.1. The summed E-state index contributed by atoms with van der Waals surface area (Å²) in [4.78, 5) is 40.6. The van der Waals surface area contributed by atoms with Gasteiger partial charge in [-0.25, -0.2) is 4.79 Å². The first-order chi connectivity index (χ1) is 13.9. The van der Waals surface area contributed by atoms with E-state index < -0.39 is 17.5 Å². The predicted molar refractivity (Wildman–Crippen MR) is 103 cm³/mol. The molecule has 0 unspecified atom stereocenters. The Balaban J connectivity index is 1.48. The Morgan fingerprint density at radius 2 is 1.86 bits per heavy atom. The minimum atomic E-state index is -1.28. The Bertz CT molecular complexity index is 978. The number of imide groups is 1. The van der Waals surface area contributed by atoms with Crippen molar-refractivity contribution in [3.63, 3.8) is 0 Å². The lowest BCUT2D eigenvalue weighted by atomic mass is 9.91. The van der Waals surface area contributed by atoms with Crippen molar-refractivity contribution in [1.82, 2.24) is 15.1 Å². The highest BCUT2D eigenvalue weighted by molar-refractivity contribution is 6.09. The monoisotopic (exact) mass is 395 g/mol. The van der Waals surface area contributed by atoms with E-state index in [1.54, 1.807) is 32.2 Å². The first kappa shape index (κ1) is 18.8. The van der Waals surface area contributed by atoms with E-state index in [1.165, 1.54) is 4.90 Å². The van der Waals surface area contributed by atoms with Crippen LogP contribution in [0.2, 0.25) is 0 Å². The van der Waals surface area contributed by atoms with Crippen molar-refractivity contribution < 1.29 is 23.9 Å². The molecule has 2 aromatic rings. The fourth-order valence-electron chi connectivity index (χ4n) is 3.45. The Kier molecular flexibility index (Phi) is 4.62. The fourth-order valence-corrected chi connectivity index (χ4v) is 3.45. The number of nitrogens with one attached hydrogen (secondary N) is 1. The summed E-state index contributed by atoms with van der Waals surface area (Å²) in [7, 11) is 1.64. The molecule has 0 spiro atoms. The van der Waals surface area contributed by atoms with Gasteiger partial charge in [0.1, 0.15) is 12.1 Å². The molecule has 1 N–H and O–H groups in total. The summed E-state index contributed by atoms with van der Waals surface area (Å²) < 4.78 is 10.7. The molecule has 1 saturated heterocycles. The number of carbonyl (C=O) groups is 3. The minimum absolute atomic E-state index is 0.115. The number of hydrogen-bond donors (Lipinski definition) is 1. The summed E-state index contributed by atoms with van der Waals surface area (Å²) in [6.45, 7) is 1.80. The maximum atomic E-state index is 13.1. The molecule has 2 aliphatic rings. The van der Waals surface area contributed by atoms with Crippen LogP contribution in [0.1, 0.15) is 18.1 Å². The molecule has 150 valence electrons. The smallest absolute Gasteiger partial charge is 0.325 e. The molecule has 0 bridgehead atoms. The second-order valence-corrected chi connectivity index (χ2v) is 7.25. The number of hydrogen-bond acceptors (Lipinski definition) is 5. The molecular formula is C21H21N3O5. The largest absolute Gasteiger partial charge is 0.454 e. The third-order valence-electron chi connectivity index (χ3n) is 5.21. The molecule has 8 heteroatoms. The van der Waals surface area contributed by atoms with Crippen LogP contribution in [-0.2, 0) is 21.7 Å². The number of rotatable bonds is 5. The van der Waals surface area contributed by atoms with Crippen LogP contribution >= 0.6 is 0 Å². The van der Waals surface area contributed by atoms with E-state index in [0.29, 0.717) is 23.6 Å². The molecule has 1 fully saturated rings. The number of likely N-dealkylation sites (N-methyl/N-ethyl adjacent to an activating group) is 1. The molecule has 8 nitrogen and oxygen atoms in total. The minimum Gasteiger partial charge on any atom is -0.454 e. The van der Waals surface area contributed by atoms with Crippen LogP contribution in [-0.4, -0.2) is 48.0 Å². The summed E-state index contributed by atoms with van der Waals surface area (Å²) in [5, 5.41) is 2.70. The van der Waals surface area contributed by atoms with Gasteiger partial charge < -0.3 is 19.7 Å². The molecular weight excluding hydrogens is 374 g/mol. The molecule has 0 aliphatic carbocycles. The van der Waals surface area contributed by atoms with E-state index in [2.05, 4.69) is 5.32 Å². The van der Waals surface area contributed by atoms with E-state index in [4.69, 9.17) is 9.47 Å². The van der Waals surface area contributed by atoms with Gasteiger partial charge in [-0.2, -0.15) is 0 Å². The Labute approximate surface area is 168 Å². The van der Waals surface area contributed by atoms with Crippen molar-refractivity contribution in [1.29, 1.82) is 0 Å². The highest BCUT2D eigenvalue weighted by atomic mass is 16.7. The highest BCUT2D eigenvalue weighted by Crippen LogP contribution is 2.37. The standard InChI is InChI=1S/C21H21N3O5/c1-21(15-8-9-16-17(10-15)29-13-28-16)19(26)24(20(27)22-21)12-18(25)23(2)11-14-6-4-3-5-7-14/h3-10H,11-13H2,1-2H3,(H,22,27)/t21-/m0/s1. The van der Waals surface area contributed by atoms with Crippen molar-refractivity contribution in [2.45, 2.75) is 19.0 Å². The van der Waals surface area contributed by atoms with Gasteiger partial charge in [-0.3, -0.25) is 14.5 Å². The molecule has 29 heavy (non-hydrogen) atoms. The van der Waals surface area contributed by atoms with Crippen LogP contribution in [0.3, 0.4) is 0 Å². The SMILES string of the molecule is CN(Cc1ccccc1)C(=O)CN1C(=O)N[C@@](C)(c2ccc3c(c2)OCO3)C1=O. The fraction of sp³-hybridized carbons (Fsp3) is 0.286. The molecule has 0 saturated carbocycles. The topological polar surface area (TPSA) is 88.2 Å². The van der Waals surface area contributed by atoms with Crippen molar-refractivity contribution in [2.24, 2.45) is 0 Å². The van der Waals surface area contributed by atoms with Crippen LogP contribution in [0.5, 0.6) is 11.5 Å². The third-order valence-corrected chi connectivity index (χ3v) is 5.21. The van der Waals surface area contributed by atoms with Crippen molar-refractivity contribution >= 4 is 17.8 Å². The van der Waals surface area contributed by atoms with Crippen LogP contribution < -0.4 is 14.8 Å². The molecule has 0 aromatic heterocycles. The molecule has 1 atom stereocenters. The van der Waals surface area contributed by atoms with Crippen LogP contribution in [0.25, 0.3) is 0 Å². The number of carbonyl (C=O) groups excluding carboxylic acids is 3. The average Bonchev–Trinajstić information content (AvgIpc) is 3.27. The Hall–Kier alpha value is -3.55. The van der Waals surface area contributed by atoms with E-state index in [0.717, 1.165) is 10.5 Å². The molecule has 0 radical (unpaired) electrons. The first-order valence-electron chi connectivity index (χ1n) is 9.20. The highest BCUT2D eigenvalue weighted by Gasteiger charge is 2.50. The molecule has 2 aromatic carbocycles. The summed E-state index contributed by atoms with van der Waals surface area (Å²) in [5.74, 6) is 0.293. The molecule has 4 amide bonds. The number of nitrogens with zero attached hydrogens (tertiary/aromatic N) is 2.